The fraction of sp³-hybridized carbons (Fsp3) is 0.375. The number of likely N-dealkylation sites (tertiary alicyclic amines) is 1. The Bertz CT molecular complexity index is 1710. The number of aliphatic hydroxyl groups is 1. The molecule has 0 aliphatic carbocycles. The summed E-state index contributed by atoms with van der Waals surface area (Å²) >= 11 is 0. The topological polar surface area (TPSA) is 154 Å². The number of hydrogen-bond donors (Lipinski definition) is 4. The molecule has 5 rings (SSSR count). The molecule has 2 aromatic heterocycles. The smallest absolute Gasteiger partial charge is 0.272 e. The van der Waals surface area contributed by atoms with Gasteiger partial charge >= 0.3 is 0 Å². The standard InChI is InChI=1S/C32H40B2N10O2/c1-6-26-30-21(20-10-8-11-23(29(20)42(26)5)39-25(22(35)18-45)14-28(36)37-3)15-38-44(30)19-16-43(17-19)32(33,34)27-13-9-12-24(40-27)31(46)41(4)7-2/h8-15,18-19,26,39,45H,6-7,16-17,35H2,1-5H3,(H2,36,37)/b22-18+,25-14+. The van der Waals surface area contributed by atoms with E-state index in [2.05, 4.69) is 44.9 Å². The summed E-state index contributed by atoms with van der Waals surface area (Å²) in [5.74, 6) is 0.0766. The lowest BCUT2D eigenvalue weighted by Crippen LogP contribution is -2.60. The molecule has 236 valence electrons. The second-order valence-electron chi connectivity index (χ2n) is 11.7. The van der Waals surface area contributed by atoms with Crippen LogP contribution in [0.2, 0.25) is 0 Å². The number of nitrogens with zero attached hydrogens (tertiary/aromatic N) is 7. The van der Waals surface area contributed by atoms with Gasteiger partial charge in [0.2, 0.25) is 0 Å². The van der Waals surface area contributed by atoms with Crippen LogP contribution in [-0.2, 0) is 5.34 Å². The SMILES string of the molecule is [B]C([B])(c1cccc(C(=O)N(C)CC)n1)N1CC(n2ncc3c2C(CC)N(C)c2c(NC(=C/C(N)=NC)/C(N)=C\O)cccc2-3)C1. The third kappa shape index (κ3) is 5.73. The molecule has 0 spiro atoms. The van der Waals surface area contributed by atoms with Crippen LogP contribution in [0.5, 0.6) is 0 Å². The van der Waals surface area contributed by atoms with Crippen LogP contribution < -0.4 is 21.7 Å². The number of nitrogens with two attached hydrogens (primary N) is 2. The van der Waals surface area contributed by atoms with E-state index < -0.39 is 5.34 Å². The van der Waals surface area contributed by atoms with Crippen molar-refractivity contribution in [3.63, 3.8) is 0 Å². The first-order chi connectivity index (χ1) is 22.0. The van der Waals surface area contributed by atoms with Gasteiger partial charge in [-0.05, 0) is 36.9 Å². The number of para-hydroxylation sites is 1. The largest absolute Gasteiger partial charge is 0.513 e. The average molecular weight is 618 g/mol. The van der Waals surface area contributed by atoms with Gasteiger partial charge in [0.25, 0.3) is 5.91 Å². The molecule has 0 saturated carbocycles. The number of amides is 1. The summed E-state index contributed by atoms with van der Waals surface area (Å²) in [6.07, 6.45) is 5.14. The van der Waals surface area contributed by atoms with Crippen LogP contribution in [0.4, 0.5) is 11.4 Å². The summed E-state index contributed by atoms with van der Waals surface area (Å²) in [6.45, 7) is 5.74. The number of benzene rings is 1. The molecule has 0 bridgehead atoms. The highest BCUT2D eigenvalue weighted by Crippen LogP contribution is 2.50. The number of aliphatic hydroxyl groups excluding tert-OH is 1. The Hall–Kier alpha value is -4.71. The number of amidine groups is 1. The van der Waals surface area contributed by atoms with Gasteiger partial charge in [-0.25, -0.2) is 4.98 Å². The number of rotatable bonds is 10. The molecule has 6 N–H and O–H groups in total. The number of fused-ring (bicyclic) bond motifs is 3. The summed E-state index contributed by atoms with van der Waals surface area (Å²) in [4.78, 5) is 27.0. The molecule has 1 atom stereocenters. The first kappa shape index (κ1) is 32.7. The van der Waals surface area contributed by atoms with E-state index in [0.29, 0.717) is 36.7 Å². The maximum atomic E-state index is 12.7. The third-order valence-corrected chi connectivity index (χ3v) is 8.88. The summed E-state index contributed by atoms with van der Waals surface area (Å²) in [5, 5.41) is 16.5. The van der Waals surface area contributed by atoms with E-state index in [9.17, 15) is 9.90 Å². The second kappa shape index (κ2) is 13.0. The molecule has 1 saturated heterocycles. The highest BCUT2D eigenvalue weighted by atomic mass is 16.2. The lowest BCUT2D eigenvalue weighted by molar-refractivity contribution is 0.0611. The molecule has 1 fully saturated rings. The number of nitrogens with one attached hydrogen (secondary N) is 1. The monoisotopic (exact) mass is 618 g/mol. The zero-order valence-electron chi connectivity index (χ0n) is 27.0. The molecule has 3 aromatic rings. The quantitative estimate of drug-likeness (QED) is 0.0883. The van der Waals surface area contributed by atoms with E-state index in [1.54, 1.807) is 43.3 Å². The van der Waals surface area contributed by atoms with Gasteiger partial charge in [-0.2, -0.15) is 5.10 Å². The number of anilines is 2. The Morgan fingerprint density at radius 1 is 1.20 bits per heavy atom. The number of aliphatic imine (C=N–C) groups is 1. The van der Waals surface area contributed by atoms with Crippen LogP contribution in [0, 0.1) is 0 Å². The molecule has 46 heavy (non-hydrogen) atoms. The molecule has 2 aliphatic rings. The summed E-state index contributed by atoms with van der Waals surface area (Å²) in [7, 11) is 18.7. The number of hydrogen-bond acceptors (Lipinski definition) is 9. The minimum absolute atomic E-state index is 0.0165. The number of aromatic nitrogens is 3. The van der Waals surface area contributed by atoms with Crippen molar-refractivity contribution in [1.82, 2.24) is 24.6 Å². The van der Waals surface area contributed by atoms with Crippen LogP contribution in [0.25, 0.3) is 11.1 Å². The molecule has 1 unspecified atom stereocenters. The van der Waals surface area contributed by atoms with Crippen molar-refractivity contribution >= 4 is 38.8 Å². The van der Waals surface area contributed by atoms with Gasteiger partial charge in [0, 0.05) is 63.7 Å². The highest BCUT2D eigenvalue weighted by molar-refractivity contribution is 6.39. The Morgan fingerprint density at radius 3 is 2.57 bits per heavy atom. The molecular formula is C32H40B2N10O2. The lowest BCUT2D eigenvalue weighted by Gasteiger charge is -2.50. The van der Waals surface area contributed by atoms with Crippen LogP contribution >= 0.6 is 0 Å². The summed E-state index contributed by atoms with van der Waals surface area (Å²) in [5.41, 5.74) is 18.2. The van der Waals surface area contributed by atoms with E-state index in [0.717, 1.165) is 40.9 Å². The number of pyridine rings is 1. The third-order valence-electron chi connectivity index (χ3n) is 8.88. The highest BCUT2D eigenvalue weighted by Gasteiger charge is 2.42. The van der Waals surface area contributed by atoms with Crippen molar-refractivity contribution in [3.05, 3.63) is 83.4 Å². The first-order valence-electron chi connectivity index (χ1n) is 15.3. The molecule has 2 aliphatic heterocycles. The maximum absolute atomic E-state index is 12.7. The van der Waals surface area contributed by atoms with E-state index >= 15 is 0 Å². The molecule has 1 amide bonds. The molecule has 4 heterocycles. The molecule has 14 heteroatoms. The predicted octanol–water partition coefficient (Wildman–Crippen LogP) is 2.58. The van der Waals surface area contributed by atoms with Crippen LogP contribution in [0.1, 0.15) is 54.2 Å². The second-order valence-corrected chi connectivity index (χ2v) is 11.7. The van der Waals surface area contributed by atoms with Crippen molar-refractivity contribution in [2.75, 3.05) is 51.0 Å². The molecule has 12 nitrogen and oxygen atoms in total. The fourth-order valence-electron chi connectivity index (χ4n) is 6.06. The lowest BCUT2D eigenvalue weighted by atomic mass is 9.57. The normalized spacial score (nSPS) is 17.7. The molecular weight excluding hydrogens is 578 g/mol. The van der Waals surface area contributed by atoms with E-state index in [-0.39, 0.29) is 29.5 Å². The van der Waals surface area contributed by atoms with Gasteiger partial charge in [-0.1, -0.05) is 25.1 Å². The minimum atomic E-state index is -1.36. The van der Waals surface area contributed by atoms with Crippen molar-refractivity contribution in [3.8, 4) is 11.1 Å². The van der Waals surface area contributed by atoms with Crippen molar-refractivity contribution < 1.29 is 9.90 Å². The van der Waals surface area contributed by atoms with E-state index in [1.807, 2.05) is 30.2 Å². The van der Waals surface area contributed by atoms with Crippen molar-refractivity contribution in [2.24, 2.45) is 16.5 Å². The first-order valence-corrected chi connectivity index (χ1v) is 15.3. The van der Waals surface area contributed by atoms with Gasteiger partial charge in [-0.15, -0.1) is 0 Å². The molecule has 4 radical (unpaired) electrons. The Kier molecular flexibility index (Phi) is 9.20. The van der Waals surface area contributed by atoms with Crippen LogP contribution in [-0.4, -0.2) is 97.9 Å². The van der Waals surface area contributed by atoms with Crippen molar-refractivity contribution in [2.45, 2.75) is 37.7 Å². The predicted molar refractivity (Wildman–Crippen MR) is 184 cm³/mol. The van der Waals surface area contributed by atoms with Crippen LogP contribution in [0.3, 0.4) is 0 Å². The summed E-state index contributed by atoms with van der Waals surface area (Å²) < 4.78 is 2.09. The number of carbonyl (C=O) groups excluding carboxylic acids is 1. The van der Waals surface area contributed by atoms with Crippen molar-refractivity contribution in [1.29, 1.82) is 0 Å². The van der Waals surface area contributed by atoms with E-state index in [4.69, 9.17) is 32.3 Å². The Morgan fingerprint density at radius 2 is 1.91 bits per heavy atom. The van der Waals surface area contributed by atoms with Gasteiger partial charge in [-0.3, -0.25) is 14.5 Å². The summed E-state index contributed by atoms with van der Waals surface area (Å²) in [6, 6.07) is 11.2. The zero-order valence-corrected chi connectivity index (χ0v) is 27.0. The van der Waals surface area contributed by atoms with Gasteiger partial charge in [0.05, 0.1) is 62.4 Å². The van der Waals surface area contributed by atoms with Gasteiger partial charge < -0.3 is 36.6 Å². The number of carbonyl (C=O) groups is 1. The molecule has 1 aromatic carbocycles. The fourth-order valence-corrected chi connectivity index (χ4v) is 6.06. The Labute approximate surface area is 272 Å². The zero-order chi connectivity index (χ0) is 33.3. The van der Waals surface area contributed by atoms with Gasteiger partial charge in [0.15, 0.2) is 0 Å². The van der Waals surface area contributed by atoms with Crippen LogP contribution in [0.15, 0.2) is 71.3 Å². The average Bonchev–Trinajstić information content (AvgIpc) is 3.47. The maximum Gasteiger partial charge on any atom is 0.272 e. The van der Waals surface area contributed by atoms with Gasteiger partial charge in [0.1, 0.15) is 17.8 Å². The van der Waals surface area contributed by atoms with E-state index in [1.165, 1.54) is 0 Å². The minimum Gasteiger partial charge on any atom is -0.513 e. The Balaban J connectivity index is 1.44.